The quantitative estimate of drug-likeness (QED) is 0.0330. The van der Waals surface area contributed by atoms with Crippen LogP contribution in [0.5, 0.6) is 0 Å². The van der Waals surface area contributed by atoms with Gasteiger partial charge in [-0.2, -0.15) is 0 Å². The molecule has 0 aromatic heterocycles. The van der Waals surface area contributed by atoms with Crippen LogP contribution in [0.1, 0.15) is 10.4 Å². The average Bonchev–Trinajstić information content (AvgIpc) is 3.08. The summed E-state index contributed by atoms with van der Waals surface area (Å²) in [7, 11) is 0. The zero-order valence-electron chi connectivity index (χ0n) is 26.0. The van der Waals surface area contributed by atoms with Gasteiger partial charge < -0.3 is 43.2 Å². The number of anilines is 1. The molecular weight excluding hydrogens is 626 g/mol. The molecule has 0 aliphatic heterocycles. The number of Topliss-reactive ketones (excluding diaryl/α,β-unsaturated/α-hetero) is 1. The molecule has 17 heteroatoms. The van der Waals surface area contributed by atoms with Crippen LogP contribution in [-0.2, 0) is 42.7 Å². The summed E-state index contributed by atoms with van der Waals surface area (Å²) < 4.78 is 42.7. The van der Waals surface area contributed by atoms with Crippen LogP contribution in [0.3, 0.4) is 0 Å². The molecule has 0 radical (unpaired) electrons. The zero-order valence-corrected chi connectivity index (χ0v) is 26.0. The van der Waals surface area contributed by atoms with Crippen molar-refractivity contribution in [1.82, 2.24) is 0 Å². The van der Waals surface area contributed by atoms with Gasteiger partial charge in [0, 0.05) is 18.2 Å². The van der Waals surface area contributed by atoms with Gasteiger partial charge >= 0.3 is 5.97 Å². The van der Waals surface area contributed by atoms with Crippen molar-refractivity contribution in [2.45, 2.75) is 0 Å². The first-order chi connectivity index (χ1) is 22.9. The number of nitrogens with one attached hydrogen (secondary N) is 1. The van der Waals surface area contributed by atoms with Crippen molar-refractivity contribution in [2.75, 3.05) is 111 Å². The van der Waals surface area contributed by atoms with Crippen molar-refractivity contribution < 1.29 is 57.3 Å². The van der Waals surface area contributed by atoms with Crippen LogP contribution >= 0.6 is 0 Å². The lowest BCUT2D eigenvalue weighted by atomic mass is 10.1. The Kier molecular flexibility index (Phi) is 20.8. The molecule has 0 unspecified atom stereocenters. The lowest BCUT2D eigenvalue weighted by Gasteiger charge is -2.09. The predicted molar refractivity (Wildman–Crippen MR) is 166 cm³/mol. The van der Waals surface area contributed by atoms with E-state index >= 15 is 0 Å². The highest BCUT2D eigenvalue weighted by Gasteiger charge is 2.19. The zero-order chi connectivity index (χ0) is 34.0. The van der Waals surface area contributed by atoms with Gasteiger partial charge in [-0.3, -0.25) is 25.0 Å². The van der Waals surface area contributed by atoms with E-state index in [0.717, 1.165) is 6.07 Å². The van der Waals surface area contributed by atoms with Gasteiger partial charge in [0.1, 0.15) is 12.3 Å². The largest absolute Gasteiger partial charge is 0.457 e. The van der Waals surface area contributed by atoms with Crippen molar-refractivity contribution in [2.24, 2.45) is 0 Å². The topological polar surface area (TPSA) is 206 Å². The summed E-state index contributed by atoms with van der Waals surface area (Å²) in [4.78, 5) is 44.1. The molecule has 2 aromatic carbocycles. The molecule has 17 nitrogen and oxygen atoms in total. The number of rotatable bonds is 29. The highest BCUT2D eigenvalue weighted by molar-refractivity contribution is 6.40. The number of ether oxygens (including phenoxy) is 8. The lowest BCUT2D eigenvalue weighted by molar-refractivity contribution is -0.393. The van der Waals surface area contributed by atoms with E-state index in [2.05, 4.69) is 5.32 Å². The second kappa shape index (κ2) is 25.0. The summed E-state index contributed by atoms with van der Waals surface area (Å²) in [6.07, 6.45) is 0. The van der Waals surface area contributed by atoms with E-state index in [4.69, 9.17) is 37.9 Å². The Morgan fingerprint density at radius 2 is 1.02 bits per heavy atom. The lowest BCUT2D eigenvalue weighted by Crippen LogP contribution is -2.20. The SMILES string of the molecule is O=C(OCCOCCOCCOCCOCCOCCOCCOCCNc1ccc([N+](=O)[O-])cc1[N+](=O)[O-])C(=O)c1ccccc1. The monoisotopic (exact) mass is 667 g/mol. The van der Waals surface area contributed by atoms with E-state index in [1.807, 2.05) is 0 Å². The minimum atomic E-state index is -0.915. The number of hydrogen-bond donors (Lipinski definition) is 1. The number of nitrogens with zero attached hydrogens (tertiary/aromatic N) is 2. The fraction of sp³-hybridized carbons (Fsp3) is 0.533. The number of benzene rings is 2. The standard InChI is InChI=1S/C30H41N3O14/c34-29(25-4-2-1-3-5-25)30(35)47-23-22-46-21-20-45-19-18-44-17-16-43-15-14-42-13-12-41-11-10-40-9-8-31-27-7-6-26(32(36)37)24-28(27)33(38)39/h1-7,24,31H,8-23H2. The predicted octanol–water partition coefficient (Wildman–Crippen LogP) is 2.46. The molecule has 0 fully saturated rings. The van der Waals surface area contributed by atoms with E-state index in [9.17, 15) is 29.8 Å². The maximum absolute atomic E-state index is 11.9. The van der Waals surface area contributed by atoms with E-state index < -0.39 is 21.6 Å². The Labute approximate surface area is 271 Å². The van der Waals surface area contributed by atoms with E-state index in [-0.39, 0.29) is 49.0 Å². The second-order valence-corrected chi connectivity index (χ2v) is 9.26. The van der Waals surface area contributed by atoms with Crippen LogP contribution in [0.25, 0.3) is 0 Å². The molecule has 0 heterocycles. The van der Waals surface area contributed by atoms with Crippen LogP contribution in [0, 0.1) is 20.2 Å². The second-order valence-electron chi connectivity index (χ2n) is 9.26. The van der Waals surface area contributed by atoms with Crippen molar-refractivity contribution in [1.29, 1.82) is 0 Å². The Hall–Kier alpha value is -4.10. The number of carbonyl (C=O) groups is 2. The highest BCUT2D eigenvalue weighted by Crippen LogP contribution is 2.28. The Bertz CT molecular complexity index is 1200. The third kappa shape index (κ3) is 18.0. The van der Waals surface area contributed by atoms with Crippen molar-refractivity contribution in [3.05, 3.63) is 74.3 Å². The molecule has 2 rings (SSSR count). The van der Waals surface area contributed by atoms with Gasteiger partial charge in [0.05, 0.1) is 108 Å². The smallest absolute Gasteiger partial charge is 0.379 e. The minimum Gasteiger partial charge on any atom is -0.457 e. The van der Waals surface area contributed by atoms with Gasteiger partial charge in [-0.1, -0.05) is 30.3 Å². The number of carbonyl (C=O) groups excluding carboxylic acids is 2. The molecule has 0 saturated carbocycles. The van der Waals surface area contributed by atoms with E-state index in [1.165, 1.54) is 12.1 Å². The summed E-state index contributed by atoms with van der Waals surface area (Å²) in [5.41, 5.74) is -0.274. The van der Waals surface area contributed by atoms with Crippen molar-refractivity contribution in [3.8, 4) is 0 Å². The molecule has 0 spiro atoms. The van der Waals surface area contributed by atoms with Crippen LogP contribution in [-0.4, -0.2) is 127 Å². The number of esters is 1. The van der Waals surface area contributed by atoms with Crippen LogP contribution in [0.4, 0.5) is 17.1 Å². The number of nitro groups is 2. The molecule has 0 aliphatic carbocycles. The van der Waals surface area contributed by atoms with Gasteiger partial charge in [0.25, 0.3) is 17.2 Å². The molecule has 1 N–H and O–H groups in total. The molecule has 260 valence electrons. The average molecular weight is 668 g/mol. The Balaban J connectivity index is 1.27. The maximum atomic E-state index is 11.9. The first-order valence-electron chi connectivity index (χ1n) is 14.9. The van der Waals surface area contributed by atoms with Gasteiger partial charge in [-0.25, -0.2) is 4.79 Å². The summed E-state index contributed by atoms with van der Waals surface area (Å²) in [6, 6.07) is 11.6. The van der Waals surface area contributed by atoms with Crippen LogP contribution in [0.15, 0.2) is 48.5 Å². The van der Waals surface area contributed by atoms with E-state index in [0.29, 0.717) is 79.3 Å². The maximum Gasteiger partial charge on any atom is 0.379 e. The number of nitro benzene ring substituents is 2. The van der Waals surface area contributed by atoms with Gasteiger partial charge in [0.15, 0.2) is 0 Å². The fourth-order valence-corrected chi connectivity index (χ4v) is 3.58. The summed E-state index contributed by atoms with van der Waals surface area (Å²) in [6.45, 7) is 5.23. The molecular formula is C30H41N3O14. The summed E-state index contributed by atoms with van der Waals surface area (Å²) >= 11 is 0. The van der Waals surface area contributed by atoms with Gasteiger partial charge in [-0.05, 0) is 6.07 Å². The van der Waals surface area contributed by atoms with E-state index in [1.54, 1.807) is 30.3 Å². The van der Waals surface area contributed by atoms with Crippen LogP contribution in [0.2, 0.25) is 0 Å². The van der Waals surface area contributed by atoms with Crippen LogP contribution < -0.4 is 5.32 Å². The number of non-ortho nitro benzene ring substituents is 1. The fourth-order valence-electron chi connectivity index (χ4n) is 3.58. The molecule has 2 aromatic rings. The van der Waals surface area contributed by atoms with Gasteiger partial charge in [0.2, 0.25) is 0 Å². The third-order valence-corrected chi connectivity index (χ3v) is 5.86. The number of ketones is 1. The summed E-state index contributed by atoms with van der Waals surface area (Å²) in [5, 5.41) is 24.8. The molecule has 0 bridgehead atoms. The molecule has 47 heavy (non-hydrogen) atoms. The Morgan fingerprint density at radius 1 is 0.574 bits per heavy atom. The Morgan fingerprint density at radius 3 is 1.47 bits per heavy atom. The summed E-state index contributed by atoms with van der Waals surface area (Å²) in [5.74, 6) is -1.61. The molecule has 0 amide bonds. The molecule has 0 atom stereocenters. The van der Waals surface area contributed by atoms with Gasteiger partial charge in [-0.15, -0.1) is 0 Å². The first kappa shape index (κ1) is 39.1. The number of hydrogen-bond acceptors (Lipinski definition) is 15. The normalized spacial score (nSPS) is 10.9. The van der Waals surface area contributed by atoms with Crippen molar-refractivity contribution in [3.63, 3.8) is 0 Å². The molecule has 0 aliphatic rings. The van der Waals surface area contributed by atoms with Crippen molar-refractivity contribution >= 4 is 28.8 Å². The third-order valence-electron chi connectivity index (χ3n) is 5.86. The molecule has 0 saturated heterocycles. The minimum absolute atomic E-state index is 0.0234. The highest BCUT2D eigenvalue weighted by atomic mass is 16.6. The first-order valence-corrected chi connectivity index (χ1v) is 14.9.